The third-order valence-electron chi connectivity index (χ3n) is 3.70. The summed E-state index contributed by atoms with van der Waals surface area (Å²) in [6, 6.07) is 7.07. The van der Waals surface area contributed by atoms with Crippen LogP contribution in [0.5, 0.6) is 5.75 Å². The van der Waals surface area contributed by atoms with E-state index in [1.54, 1.807) is 18.2 Å². The number of nitrogens with one attached hydrogen (secondary N) is 1. The maximum atomic E-state index is 11.2. The summed E-state index contributed by atoms with van der Waals surface area (Å²) >= 11 is 0. The van der Waals surface area contributed by atoms with Crippen LogP contribution in [0.25, 0.3) is 11.3 Å². The standard InChI is InChI=1S/C16H19N3O2/c1-3-19-15(11-4-5-11)9-14(18-19)13-8-12(17-10(2)20)6-7-16(13)21/h6-9,11,21H,3-5H2,1-2H3,(H,17,20). The molecule has 1 fully saturated rings. The zero-order chi connectivity index (χ0) is 15.0. The van der Waals surface area contributed by atoms with Gasteiger partial charge in [0.15, 0.2) is 0 Å². The molecule has 1 aliphatic carbocycles. The number of carbonyl (C=O) groups is 1. The Bertz CT molecular complexity index is 687. The predicted octanol–water partition coefficient (Wildman–Crippen LogP) is 3.11. The molecule has 21 heavy (non-hydrogen) atoms. The smallest absolute Gasteiger partial charge is 0.221 e. The average molecular weight is 285 g/mol. The van der Waals surface area contributed by atoms with E-state index in [-0.39, 0.29) is 11.7 Å². The quantitative estimate of drug-likeness (QED) is 0.848. The Morgan fingerprint density at radius 3 is 2.81 bits per heavy atom. The first kappa shape index (κ1) is 13.7. The van der Waals surface area contributed by atoms with Gasteiger partial charge in [-0.15, -0.1) is 0 Å². The number of aromatic nitrogens is 2. The molecule has 110 valence electrons. The van der Waals surface area contributed by atoms with Gasteiger partial charge in [-0.25, -0.2) is 0 Å². The molecule has 0 radical (unpaired) electrons. The highest BCUT2D eigenvalue weighted by Crippen LogP contribution is 2.42. The maximum absolute atomic E-state index is 11.2. The van der Waals surface area contributed by atoms with Gasteiger partial charge in [0.2, 0.25) is 5.91 Å². The van der Waals surface area contributed by atoms with Gasteiger partial charge in [-0.05, 0) is 44.0 Å². The van der Waals surface area contributed by atoms with Crippen molar-refractivity contribution in [1.29, 1.82) is 0 Å². The van der Waals surface area contributed by atoms with Gasteiger partial charge in [-0.1, -0.05) is 0 Å². The topological polar surface area (TPSA) is 67.2 Å². The second-order valence-electron chi connectivity index (χ2n) is 5.46. The van der Waals surface area contributed by atoms with Crippen LogP contribution in [0.3, 0.4) is 0 Å². The van der Waals surface area contributed by atoms with Gasteiger partial charge in [0.25, 0.3) is 0 Å². The number of rotatable bonds is 4. The minimum absolute atomic E-state index is 0.135. The van der Waals surface area contributed by atoms with Crippen molar-refractivity contribution in [3.05, 3.63) is 30.0 Å². The van der Waals surface area contributed by atoms with E-state index in [9.17, 15) is 9.90 Å². The minimum atomic E-state index is -0.135. The molecule has 0 spiro atoms. The van der Waals surface area contributed by atoms with E-state index in [2.05, 4.69) is 17.3 Å². The van der Waals surface area contributed by atoms with Crippen LogP contribution >= 0.6 is 0 Å². The molecule has 0 saturated heterocycles. The summed E-state index contributed by atoms with van der Waals surface area (Å²) in [5, 5.41) is 17.4. The Kier molecular flexibility index (Phi) is 3.41. The van der Waals surface area contributed by atoms with E-state index >= 15 is 0 Å². The van der Waals surface area contributed by atoms with E-state index < -0.39 is 0 Å². The van der Waals surface area contributed by atoms with Crippen LogP contribution < -0.4 is 5.32 Å². The highest BCUT2D eigenvalue weighted by Gasteiger charge is 2.28. The van der Waals surface area contributed by atoms with Crippen LogP contribution in [0.4, 0.5) is 5.69 Å². The van der Waals surface area contributed by atoms with Crippen LogP contribution in [0.1, 0.15) is 38.3 Å². The SMILES string of the molecule is CCn1nc(-c2cc(NC(C)=O)ccc2O)cc1C1CC1. The molecular weight excluding hydrogens is 266 g/mol. The molecule has 3 rings (SSSR count). The third kappa shape index (κ3) is 2.77. The molecule has 1 aromatic carbocycles. The first-order valence-corrected chi connectivity index (χ1v) is 7.27. The summed E-state index contributed by atoms with van der Waals surface area (Å²) in [4.78, 5) is 11.2. The van der Waals surface area contributed by atoms with Crippen molar-refractivity contribution in [3.63, 3.8) is 0 Å². The number of carbonyl (C=O) groups excluding carboxylic acids is 1. The van der Waals surface area contributed by atoms with Gasteiger partial charge < -0.3 is 10.4 Å². The summed E-state index contributed by atoms with van der Waals surface area (Å²) in [7, 11) is 0. The van der Waals surface area contributed by atoms with E-state index in [1.807, 2.05) is 10.7 Å². The van der Waals surface area contributed by atoms with Crippen molar-refractivity contribution >= 4 is 11.6 Å². The lowest BCUT2D eigenvalue weighted by atomic mass is 10.1. The number of anilines is 1. The van der Waals surface area contributed by atoms with Crippen LogP contribution in [0.2, 0.25) is 0 Å². The van der Waals surface area contributed by atoms with Crippen LogP contribution in [-0.2, 0) is 11.3 Å². The molecule has 2 N–H and O–H groups in total. The van der Waals surface area contributed by atoms with Crippen LogP contribution in [-0.4, -0.2) is 20.8 Å². The number of benzene rings is 1. The van der Waals surface area contributed by atoms with Crippen molar-refractivity contribution in [3.8, 4) is 17.0 Å². The fraction of sp³-hybridized carbons (Fsp3) is 0.375. The normalized spacial score (nSPS) is 14.2. The van der Waals surface area contributed by atoms with Gasteiger partial charge in [0.1, 0.15) is 5.75 Å². The van der Waals surface area contributed by atoms with E-state index in [4.69, 9.17) is 0 Å². The monoisotopic (exact) mass is 285 g/mol. The number of phenols is 1. The van der Waals surface area contributed by atoms with Gasteiger partial charge in [0.05, 0.1) is 5.69 Å². The van der Waals surface area contributed by atoms with Crippen LogP contribution in [0, 0.1) is 0 Å². The molecule has 0 bridgehead atoms. The molecule has 1 aromatic heterocycles. The third-order valence-corrected chi connectivity index (χ3v) is 3.70. The predicted molar refractivity (Wildman–Crippen MR) is 81.3 cm³/mol. The number of amides is 1. The molecule has 0 atom stereocenters. The van der Waals surface area contributed by atoms with E-state index in [0.717, 1.165) is 12.2 Å². The second-order valence-corrected chi connectivity index (χ2v) is 5.46. The fourth-order valence-corrected chi connectivity index (χ4v) is 2.55. The molecule has 1 heterocycles. The van der Waals surface area contributed by atoms with E-state index in [1.165, 1.54) is 25.5 Å². The lowest BCUT2D eigenvalue weighted by Gasteiger charge is -2.06. The molecule has 5 heteroatoms. The summed E-state index contributed by atoms with van der Waals surface area (Å²) in [6.45, 7) is 4.35. The Labute approximate surface area is 123 Å². The van der Waals surface area contributed by atoms with Crippen LogP contribution in [0.15, 0.2) is 24.3 Å². The summed E-state index contributed by atoms with van der Waals surface area (Å²) in [6.07, 6.45) is 2.42. The number of aromatic hydroxyl groups is 1. The molecule has 0 aliphatic heterocycles. The number of nitrogens with zero attached hydrogens (tertiary/aromatic N) is 2. The Hall–Kier alpha value is -2.30. The number of hydrogen-bond acceptors (Lipinski definition) is 3. The Balaban J connectivity index is 2.00. The number of hydrogen-bond donors (Lipinski definition) is 2. The summed E-state index contributed by atoms with van der Waals surface area (Å²) in [5.41, 5.74) is 3.30. The second kappa shape index (κ2) is 5.24. The van der Waals surface area contributed by atoms with Crippen molar-refractivity contribution in [2.75, 3.05) is 5.32 Å². The van der Waals surface area contributed by atoms with Crippen molar-refractivity contribution < 1.29 is 9.90 Å². The van der Waals surface area contributed by atoms with Crippen molar-refractivity contribution in [1.82, 2.24) is 9.78 Å². The molecular formula is C16H19N3O2. The molecule has 0 unspecified atom stereocenters. The zero-order valence-electron chi connectivity index (χ0n) is 12.3. The largest absolute Gasteiger partial charge is 0.507 e. The molecule has 1 saturated carbocycles. The highest BCUT2D eigenvalue weighted by molar-refractivity contribution is 5.90. The molecule has 2 aromatic rings. The van der Waals surface area contributed by atoms with Gasteiger partial charge in [-0.2, -0.15) is 5.10 Å². The summed E-state index contributed by atoms with van der Waals surface area (Å²) in [5.74, 6) is 0.642. The first-order chi connectivity index (χ1) is 10.1. The van der Waals surface area contributed by atoms with Gasteiger partial charge in [-0.3, -0.25) is 9.48 Å². The Morgan fingerprint density at radius 1 is 1.43 bits per heavy atom. The molecule has 1 amide bonds. The van der Waals surface area contributed by atoms with E-state index in [0.29, 0.717) is 17.2 Å². The lowest BCUT2D eigenvalue weighted by molar-refractivity contribution is -0.114. The fourth-order valence-electron chi connectivity index (χ4n) is 2.55. The number of phenolic OH excluding ortho intramolecular Hbond substituents is 1. The first-order valence-electron chi connectivity index (χ1n) is 7.27. The minimum Gasteiger partial charge on any atom is -0.507 e. The van der Waals surface area contributed by atoms with Crippen molar-refractivity contribution in [2.24, 2.45) is 0 Å². The molecule has 1 aliphatic rings. The highest BCUT2D eigenvalue weighted by atomic mass is 16.3. The zero-order valence-corrected chi connectivity index (χ0v) is 12.3. The Morgan fingerprint density at radius 2 is 2.19 bits per heavy atom. The van der Waals surface area contributed by atoms with Crippen molar-refractivity contribution in [2.45, 2.75) is 39.2 Å². The van der Waals surface area contributed by atoms with Gasteiger partial charge >= 0.3 is 0 Å². The summed E-state index contributed by atoms with van der Waals surface area (Å²) < 4.78 is 2.00. The lowest BCUT2D eigenvalue weighted by Crippen LogP contribution is -2.05. The molecule has 5 nitrogen and oxygen atoms in total. The number of aryl methyl sites for hydroxylation is 1. The van der Waals surface area contributed by atoms with Gasteiger partial charge in [0, 0.05) is 36.3 Å². The maximum Gasteiger partial charge on any atom is 0.221 e. The average Bonchev–Trinajstić information content (AvgIpc) is 3.20.